The molecule has 5 nitrogen and oxygen atoms in total. The number of amides is 1. The molecule has 0 saturated carbocycles. The van der Waals surface area contributed by atoms with E-state index in [0.717, 1.165) is 56.8 Å². The molecule has 0 spiro atoms. The molecule has 0 unspecified atom stereocenters. The number of hydrogen-bond acceptors (Lipinski definition) is 4. The summed E-state index contributed by atoms with van der Waals surface area (Å²) in [5.41, 5.74) is 1.17. The quantitative estimate of drug-likeness (QED) is 0.806. The Bertz CT molecular complexity index is 607. The van der Waals surface area contributed by atoms with Gasteiger partial charge in [-0.15, -0.1) is 0 Å². The molecular formula is C20H28N2O3. The lowest BCUT2D eigenvalue weighted by molar-refractivity contribution is -0.125. The zero-order chi connectivity index (χ0) is 17.6. The second-order valence-corrected chi connectivity index (χ2v) is 6.93. The smallest absolute Gasteiger partial charge is 0.223 e. The number of nitrogens with zero attached hydrogens (tertiary/aromatic N) is 1. The van der Waals surface area contributed by atoms with Crippen molar-refractivity contribution in [1.29, 1.82) is 0 Å². The molecule has 0 bridgehead atoms. The van der Waals surface area contributed by atoms with Crippen LogP contribution in [0.2, 0.25) is 0 Å². The lowest BCUT2D eigenvalue weighted by atomic mass is 9.93. The van der Waals surface area contributed by atoms with Crippen LogP contribution in [0, 0.1) is 5.92 Å². The molecule has 1 aromatic rings. The van der Waals surface area contributed by atoms with E-state index < -0.39 is 0 Å². The van der Waals surface area contributed by atoms with E-state index in [4.69, 9.17) is 9.47 Å². The van der Waals surface area contributed by atoms with Crippen LogP contribution in [0.1, 0.15) is 31.2 Å². The van der Waals surface area contributed by atoms with Gasteiger partial charge in [-0.1, -0.05) is 12.2 Å². The van der Waals surface area contributed by atoms with Gasteiger partial charge >= 0.3 is 0 Å². The second kappa shape index (κ2) is 8.39. The summed E-state index contributed by atoms with van der Waals surface area (Å²) in [5.74, 6) is 1.99. The van der Waals surface area contributed by atoms with Crippen LogP contribution in [-0.2, 0) is 11.3 Å². The number of allylic oxidation sites excluding steroid dienone is 2. The molecule has 1 saturated heterocycles. The van der Waals surface area contributed by atoms with Crippen LogP contribution < -0.4 is 14.8 Å². The maximum Gasteiger partial charge on any atom is 0.223 e. The van der Waals surface area contributed by atoms with Crippen molar-refractivity contribution in [3.63, 3.8) is 0 Å². The van der Waals surface area contributed by atoms with Crippen molar-refractivity contribution >= 4 is 5.91 Å². The Kier molecular flexibility index (Phi) is 5.97. The number of rotatable bonds is 6. The number of nitrogens with one attached hydrogen (secondary N) is 1. The Morgan fingerprint density at radius 2 is 1.92 bits per heavy atom. The minimum Gasteiger partial charge on any atom is -0.497 e. The maximum absolute atomic E-state index is 12.4. The van der Waals surface area contributed by atoms with Crippen LogP contribution in [0.4, 0.5) is 0 Å². The van der Waals surface area contributed by atoms with Gasteiger partial charge in [0.2, 0.25) is 5.91 Å². The van der Waals surface area contributed by atoms with Crippen LogP contribution in [0.3, 0.4) is 0 Å². The zero-order valence-corrected chi connectivity index (χ0v) is 15.2. The highest BCUT2D eigenvalue weighted by molar-refractivity contribution is 5.79. The molecule has 3 rings (SSSR count). The third-order valence-electron chi connectivity index (χ3n) is 5.08. The van der Waals surface area contributed by atoms with E-state index in [1.54, 1.807) is 14.2 Å². The van der Waals surface area contributed by atoms with Crippen molar-refractivity contribution in [3.8, 4) is 11.5 Å². The minimum absolute atomic E-state index is 0.154. The summed E-state index contributed by atoms with van der Waals surface area (Å²) in [6, 6.07) is 6.23. The molecule has 5 heteroatoms. The van der Waals surface area contributed by atoms with Crippen molar-refractivity contribution < 1.29 is 14.3 Å². The van der Waals surface area contributed by atoms with Gasteiger partial charge in [-0.3, -0.25) is 9.69 Å². The van der Waals surface area contributed by atoms with Crippen LogP contribution in [0.25, 0.3) is 0 Å². The molecule has 1 aliphatic carbocycles. The largest absolute Gasteiger partial charge is 0.497 e. The van der Waals surface area contributed by atoms with Gasteiger partial charge in [0.15, 0.2) is 0 Å². The maximum atomic E-state index is 12.4. The lowest BCUT2D eigenvalue weighted by Crippen LogP contribution is -2.40. The summed E-state index contributed by atoms with van der Waals surface area (Å²) in [6.07, 6.45) is 8.19. The van der Waals surface area contributed by atoms with Crippen LogP contribution in [0.15, 0.2) is 30.4 Å². The number of carbonyl (C=O) groups excluding carboxylic acids is 1. The van der Waals surface area contributed by atoms with Crippen LogP contribution >= 0.6 is 0 Å². The van der Waals surface area contributed by atoms with E-state index in [0.29, 0.717) is 0 Å². The van der Waals surface area contributed by atoms with E-state index in [9.17, 15) is 4.79 Å². The van der Waals surface area contributed by atoms with Crippen molar-refractivity contribution in [1.82, 2.24) is 10.2 Å². The van der Waals surface area contributed by atoms with Gasteiger partial charge in [-0.05, 0) is 43.4 Å². The van der Waals surface area contributed by atoms with E-state index in [1.165, 1.54) is 5.56 Å². The lowest BCUT2D eigenvalue weighted by Gasteiger charge is -2.21. The average Bonchev–Trinajstić information content (AvgIpc) is 3.08. The molecule has 1 fully saturated rings. The fraction of sp³-hybridized carbons (Fsp3) is 0.550. The highest BCUT2D eigenvalue weighted by Crippen LogP contribution is 2.25. The number of methoxy groups -OCH3 is 2. The van der Waals surface area contributed by atoms with Gasteiger partial charge in [-0.2, -0.15) is 0 Å². The Morgan fingerprint density at radius 3 is 2.56 bits per heavy atom. The number of ether oxygens (including phenoxy) is 2. The fourth-order valence-electron chi connectivity index (χ4n) is 3.66. The summed E-state index contributed by atoms with van der Waals surface area (Å²) in [7, 11) is 3.33. The first kappa shape index (κ1) is 17.8. The van der Waals surface area contributed by atoms with Gasteiger partial charge in [0, 0.05) is 37.7 Å². The first-order chi connectivity index (χ1) is 12.2. The summed E-state index contributed by atoms with van der Waals surface area (Å²) < 4.78 is 10.7. The molecule has 1 N–H and O–H groups in total. The van der Waals surface area contributed by atoms with Gasteiger partial charge in [0.1, 0.15) is 11.5 Å². The van der Waals surface area contributed by atoms with Gasteiger partial charge in [-0.25, -0.2) is 0 Å². The number of hydrogen-bond donors (Lipinski definition) is 1. The van der Waals surface area contributed by atoms with Gasteiger partial charge in [0.25, 0.3) is 0 Å². The monoisotopic (exact) mass is 344 g/mol. The molecular weight excluding hydrogens is 316 g/mol. The van der Waals surface area contributed by atoms with E-state index in [-0.39, 0.29) is 17.9 Å². The predicted molar refractivity (Wildman–Crippen MR) is 97.9 cm³/mol. The van der Waals surface area contributed by atoms with Crippen LogP contribution in [-0.4, -0.2) is 44.2 Å². The van der Waals surface area contributed by atoms with Crippen molar-refractivity contribution in [2.24, 2.45) is 5.92 Å². The van der Waals surface area contributed by atoms with Crippen LogP contribution in [0.5, 0.6) is 11.5 Å². The van der Waals surface area contributed by atoms with Gasteiger partial charge in [0.05, 0.1) is 14.2 Å². The molecule has 1 aliphatic heterocycles. The zero-order valence-electron chi connectivity index (χ0n) is 15.2. The number of benzene rings is 1. The molecule has 136 valence electrons. The SMILES string of the molecule is COc1cc(CN2CC[C@H](NC(=O)[C@@H]3CC=CCC3)C2)cc(OC)c1. The van der Waals surface area contributed by atoms with E-state index in [2.05, 4.69) is 22.4 Å². The highest BCUT2D eigenvalue weighted by Gasteiger charge is 2.27. The molecule has 1 heterocycles. The Hall–Kier alpha value is -2.01. The molecule has 0 aromatic heterocycles. The highest BCUT2D eigenvalue weighted by atomic mass is 16.5. The standard InChI is InChI=1S/C20H28N2O3/c1-24-18-10-15(11-19(12-18)25-2)13-22-9-8-17(14-22)21-20(23)16-6-4-3-5-7-16/h3-4,10-12,16-17H,5-9,13-14H2,1-2H3,(H,21,23)/t16-,17+/m1/s1. The Labute approximate surface area is 150 Å². The van der Waals surface area contributed by atoms with Crippen molar-refractivity contribution in [2.45, 2.75) is 38.3 Å². The topological polar surface area (TPSA) is 50.8 Å². The Balaban J connectivity index is 1.52. The van der Waals surface area contributed by atoms with Gasteiger partial charge < -0.3 is 14.8 Å². The first-order valence-electron chi connectivity index (χ1n) is 9.07. The molecule has 2 atom stereocenters. The normalized spacial score (nSPS) is 23.4. The third kappa shape index (κ3) is 4.75. The molecule has 0 radical (unpaired) electrons. The number of likely N-dealkylation sites (tertiary alicyclic amines) is 1. The second-order valence-electron chi connectivity index (χ2n) is 6.93. The first-order valence-corrected chi connectivity index (χ1v) is 9.07. The fourth-order valence-corrected chi connectivity index (χ4v) is 3.66. The third-order valence-corrected chi connectivity index (χ3v) is 5.08. The number of carbonyl (C=O) groups is 1. The molecule has 25 heavy (non-hydrogen) atoms. The molecule has 1 aromatic carbocycles. The van der Waals surface area contributed by atoms with Crippen molar-refractivity contribution in [2.75, 3.05) is 27.3 Å². The molecule has 1 amide bonds. The van der Waals surface area contributed by atoms with E-state index >= 15 is 0 Å². The summed E-state index contributed by atoms with van der Waals surface area (Å²) >= 11 is 0. The summed E-state index contributed by atoms with van der Waals surface area (Å²) in [4.78, 5) is 14.8. The average molecular weight is 344 g/mol. The summed E-state index contributed by atoms with van der Waals surface area (Å²) in [6.45, 7) is 2.73. The summed E-state index contributed by atoms with van der Waals surface area (Å²) in [5, 5.41) is 3.25. The van der Waals surface area contributed by atoms with Crippen molar-refractivity contribution in [3.05, 3.63) is 35.9 Å². The predicted octanol–water partition coefficient (Wildman–Crippen LogP) is 2.75. The molecule has 2 aliphatic rings. The van der Waals surface area contributed by atoms with E-state index in [1.807, 2.05) is 18.2 Å². The Morgan fingerprint density at radius 1 is 1.16 bits per heavy atom. The minimum atomic E-state index is 0.154.